The first-order chi connectivity index (χ1) is 18.9. The van der Waals surface area contributed by atoms with Gasteiger partial charge in [-0.15, -0.1) is 0 Å². The molecule has 0 atom stereocenters. The number of fused-ring (bicyclic) bond motifs is 4. The van der Waals surface area contributed by atoms with Gasteiger partial charge >= 0.3 is 0 Å². The van der Waals surface area contributed by atoms with Crippen molar-refractivity contribution in [3.8, 4) is 0 Å². The van der Waals surface area contributed by atoms with E-state index < -0.39 is 0 Å². The average Bonchev–Trinajstić information content (AvgIpc) is 2.97. The van der Waals surface area contributed by atoms with Gasteiger partial charge in [0.1, 0.15) is 0 Å². The number of hydrogen-bond acceptors (Lipinski definition) is 4. The Bertz CT molecular complexity index is 1460. The van der Waals surface area contributed by atoms with Crippen LogP contribution in [0.2, 0.25) is 0 Å². The van der Waals surface area contributed by atoms with Gasteiger partial charge < -0.3 is 10.6 Å². The molecule has 190 valence electrons. The van der Waals surface area contributed by atoms with Crippen LogP contribution in [-0.2, 0) is 6.42 Å². The lowest BCUT2D eigenvalue weighted by Crippen LogP contribution is -2.19. The fraction of sp³-hybridized carbons (Fsp3) is 0.235. The average molecular weight is 499 g/mol. The molecule has 0 amide bonds. The van der Waals surface area contributed by atoms with E-state index in [0.717, 1.165) is 54.5 Å². The number of nitrogens with one attached hydrogen (secondary N) is 2. The Labute approximate surface area is 224 Å². The maximum Gasteiger partial charge on any atom is 0.0730 e. The summed E-state index contributed by atoms with van der Waals surface area (Å²) in [5.74, 6) is 0. The van der Waals surface area contributed by atoms with E-state index >= 15 is 0 Å². The summed E-state index contributed by atoms with van der Waals surface area (Å²) >= 11 is 0. The summed E-state index contributed by atoms with van der Waals surface area (Å²) in [7, 11) is 0. The molecule has 0 fully saturated rings. The van der Waals surface area contributed by atoms with E-state index in [1.807, 2.05) is 0 Å². The summed E-state index contributed by atoms with van der Waals surface area (Å²) in [6.45, 7) is 3.03. The van der Waals surface area contributed by atoms with Crippen LogP contribution in [0.25, 0.3) is 43.6 Å². The van der Waals surface area contributed by atoms with Gasteiger partial charge in [-0.05, 0) is 68.6 Å². The molecule has 0 unspecified atom stereocenters. The predicted octanol–water partition coefficient (Wildman–Crippen LogP) is 7.89. The first-order valence-electron chi connectivity index (χ1n) is 13.9. The quantitative estimate of drug-likeness (QED) is 0.141. The van der Waals surface area contributed by atoms with Crippen molar-refractivity contribution in [3.05, 3.63) is 103 Å². The fourth-order valence-electron chi connectivity index (χ4n) is 5.51. The molecule has 6 aromatic rings. The number of nitrogens with zero attached hydrogens (tertiary/aromatic N) is 2. The van der Waals surface area contributed by atoms with Crippen LogP contribution in [0.15, 0.2) is 97.1 Å². The zero-order chi connectivity index (χ0) is 25.6. The van der Waals surface area contributed by atoms with Gasteiger partial charge in [-0.25, -0.2) is 9.97 Å². The number of aryl methyl sites for hydroxylation is 1. The summed E-state index contributed by atoms with van der Waals surface area (Å²) < 4.78 is 0. The Morgan fingerprint density at radius 2 is 0.921 bits per heavy atom. The molecule has 0 bridgehead atoms. The largest absolute Gasteiger partial charge is 0.384 e. The number of para-hydroxylation sites is 4. The normalized spacial score (nSPS) is 11.6. The Morgan fingerprint density at radius 3 is 1.50 bits per heavy atom. The van der Waals surface area contributed by atoms with Crippen LogP contribution in [-0.4, -0.2) is 29.6 Å². The molecule has 4 heteroatoms. The van der Waals surface area contributed by atoms with Crippen molar-refractivity contribution >= 4 is 49.3 Å². The van der Waals surface area contributed by atoms with Crippen LogP contribution in [0.1, 0.15) is 31.2 Å². The third-order valence-electron chi connectivity index (χ3n) is 7.40. The maximum absolute atomic E-state index is 4.86. The summed E-state index contributed by atoms with van der Waals surface area (Å²) in [5, 5.41) is 12.3. The van der Waals surface area contributed by atoms with Gasteiger partial charge in [0.2, 0.25) is 0 Å². The number of hydrogen-bond donors (Lipinski definition) is 2. The predicted molar refractivity (Wildman–Crippen MR) is 162 cm³/mol. The zero-order valence-corrected chi connectivity index (χ0v) is 21.8. The van der Waals surface area contributed by atoms with Crippen LogP contribution in [0.4, 0.5) is 5.69 Å². The van der Waals surface area contributed by atoms with E-state index in [-0.39, 0.29) is 0 Å². The summed E-state index contributed by atoms with van der Waals surface area (Å²) in [6.07, 6.45) is 5.81. The van der Waals surface area contributed by atoms with E-state index in [2.05, 4.69) is 108 Å². The van der Waals surface area contributed by atoms with Gasteiger partial charge in [-0.1, -0.05) is 79.2 Å². The molecule has 4 aromatic carbocycles. The minimum absolute atomic E-state index is 0.938. The zero-order valence-electron chi connectivity index (χ0n) is 21.8. The monoisotopic (exact) mass is 498 g/mol. The molecule has 2 heterocycles. The molecule has 2 N–H and O–H groups in total. The number of anilines is 1. The Morgan fingerprint density at radius 1 is 0.447 bits per heavy atom. The second-order valence-corrected chi connectivity index (χ2v) is 9.99. The standard InChI is InChI=1S/C34H34N4/c1(2-13-25-26-14-3-7-18-30(26)37-31-19-8-4-15-27(25)31)11-22-35-23-12-24-36-34-28-16-5-9-20-32(28)38-33-21-10-6-17-29(33)34/h3-10,14-21,35H,1-2,11-13,22-24H2,(H,36,38). The molecule has 0 radical (unpaired) electrons. The number of aromatic nitrogens is 2. The summed E-state index contributed by atoms with van der Waals surface area (Å²) in [6, 6.07) is 33.9. The van der Waals surface area contributed by atoms with Crippen LogP contribution < -0.4 is 10.6 Å². The molecule has 2 aromatic heterocycles. The lowest BCUT2D eigenvalue weighted by molar-refractivity contribution is 0.595. The van der Waals surface area contributed by atoms with Crippen LogP contribution in [0, 0.1) is 0 Å². The van der Waals surface area contributed by atoms with Crippen molar-refractivity contribution in [2.75, 3.05) is 25.0 Å². The van der Waals surface area contributed by atoms with Crippen molar-refractivity contribution in [1.82, 2.24) is 15.3 Å². The van der Waals surface area contributed by atoms with Crippen molar-refractivity contribution < 1.29 is 0 Å². The van der Waals surface area contributed by atoms with Gasteiger partial charge in [0.05, 0.1) is 27.8 Å². The first kappa shape index (κ1) is 24.3. The maximum atomic E-state index is 4.86. The van der Waals surface area contributed by atoms with Crippen LogP contribution in [0.5, 0.6) is 0 Å². The van der Waals surface area contributed by atoms with Crippen molar-refractivity contribution in [2.45, 2.75) is 32.1 Å². The summed E-state index contributed by atoms with van der Waals surface area (Å²) in [5.41, 5.74) is 6.93. The van der Waals surface area contributed by atoms with Crippen LogP contribution in [0.3, 0.4) is 0 Å². The fourth-order valence-corrected chi connectivity index (χ4v) is 5.51. The molecular formula is C34H34N4. The van der Waals surface area contributed by atoms with E-state index in [9.17, 15) is 0 Å². The molecule has 0 saturated heterocycles. The SMILES string of the molecule is c1ccc2c(CCCCCNCCCNc3c4ccccc4nc4ccccc34)c3ccccc3nc2c1. The summed E-state index contributed by atoms with van der Waals surface area (Å²) in [4.78, 5) is 9.69. The van der Waals surface area contributed by atoms with E-state index in [0.29, 0.717) is 0 Å². The lowest BCUT2D eigenvalue weighted by atomic mass is 9.97. The molecule has 0 saturated carbocycles. The van der Waals surface area contributed by atoms with Gasteiger partial charge in [0.25, 0.3) is 0 Å². The van der Waals surface area contributed by atoms with Gasteiger partial charge in [-0.2, -0.15) is 0 Å². The number of rotatable bonds is 11. The number of benzene rings is 4. The lowest BCUT2D eigenvalue weighted by Gasteiger charge is -2.13. The van der Waals surface area contributed by atoms with E-state index in [1.54, 1.807) is 0 Å². The topological polar surface area (TPSA) is 49.8 Å². The Hall–Kier alpha value is -4.02. The first-order valence-corrected chi connectivity index (χ1v) is 13.9. The van der Waals surface area contributed by atoms with E-state index in [4.69, 9.17) is 9.97 Å². The molecule has 0 aliphatic carbocycles. The highest BCUT2D eigenvalue weighted by Gasteiger charge is 2.09. The van der Waals surface area contributed by atoms with Gasteiger partial charge in [0, 0.05) is 28.1 Å². The highest BCUT2D eigenvalue weighted by atomic mass is 14.9. The molecule has 0 spiro atoms. The van der Waals surface area contributed by atoms with Crippen molar-refractivity contribution in [2.24, 2.45) is 0 Å². The third kappa shape index (κ3) is 5.18. The number of unbranched alkanes of at least 4 members (excludes halogenated alkanes) is 2. The second-order valence-electron chi connectivity index (χ2n) is 9.99. The van der Waals surface area contributed by atoms with Crippen LogP contribution >= 0.6 is 0 Å². The van der Waals surface area contributed by atoms with Crippen molar-refractivity contribution in [1.29, 1.82) is 0 Å². The van der Waals surface area contributed by atoms with E-state index in [1.165, 1.54) is 52.1 Å². The van der Waals surface area contributed by atoms with Crippen molar-refractivity contribution in [3.63, 3.8) is 0 Å². The molecule has 6 rings (SSSR count). The molecular weight excluding hydrogens is 464 g/mol. The molecule has 4 nitrogen and oxygen atoms in total. The van der Waals surface area contributed by atoms with Gasteiger partial charge in [-0.3, -0.25) is 0 Å². The second kappa shape index (κ2) is 11.6. The highest BCUT2D eigenvalue weighted by molar-refractivity contribution is 6.07. The smallest absolute Gasteiger partial charge is 0.0730 e. The van der Waals surface area contributed by atoms with Gasteiger partial charge in [0.15, 0.2) is 0 Å². The molecule has 0 aliphatic heterocycles. The Balaban J connectivity index is 0.964. The Kier molecular flexibility index (Phi) is 7.41. The minimum Gasteiger partial charge on any atom is -0.384 e. The molecule has 38 heavy (non-hydrogen) atoms. The molecule has 0 aliphatic rings. The third-order valence-corrected chi connectivity index (χ3v) is 7.40. The number of pyridine rings is 2. The minimum atomic E-state index is 0.938. The highest BCUT2D eigenvalue weighted by Crippen LogP contribution is 2.30.